The number of nitrogen functional groups attached to an aromatic ring is 1. The number of nitrogens with zero attached hydrogens (tertiary/aromatic N) is 3. The number of anilines is 1. The van der Waals surface area contributed by atoms with Gasteiger partial charge in [0.05, 0.1) is 23.5 Å². The molecule has 1 unspecified atom stereocenters. The topological polar surface area (TPSA) is 67.3 Å². The smallest absolute Gasteiger partial charge is 0.124 e. The van der Waals surface area contributed by atoms with Crippen molar-refractivity contribution in [1.29, 1.82) is 0 Å². The molecular weight excluding hydrogens is 276 g/mol. The van der Waals surface area contributed by atoms with Crippen LogP contribution in [0.15, 0.2) is 30.5 Å². The molecule has 2 rings (SSSR count). The minimum absolute atomic E-state index is 0.444. The summed E-state index contributed by atoms with van der Waals surface area (Å²) in [6, 6.07) is 7.21. The number of nitrogens with two attached hydrogens (primary N) is 1. The van der Waals surface area contributed by atoms with Gasteiger partial charge in [-0.15, -0.1) is 0 Å². The Morgan fingerprint density at radius 3 is 2.75 bits per heavy atom. The van der Waals surface area contributed by atoms with Crippen LogP contribution in [0, 0.1) is 0 Å². The van der Waals surface area contributed by atoms with E-state index in [1.165, 1.54) is 0 Å². The highest BCUT2D eigenvalue weighted by atomic mass is 35.5. The fourth-order valence-electron chi connectivity index (χ4n) is 2.02. The molecule has 0 bridgehead atoms. The largest absolute Gasteiger partial charge is 0.398 e. The molecule has 20 heavy (non-hydrogen) atoms. The zero-order valence-corrected chi connectivity index (χ0v) is 12.4. The average molecular weight is 295 g/mol. The summed E-state index contributed by atoms with van der Waals surface area (Å²) in [5.41, 5.74) is 7.66. The van der Waals surface area contributed by atoms with Crippen LogP contribution in [-0.4, -0.2) is 40.4 Å². The van der Waals surface area contributed by atoms with Crippen molar-refractivity contribution in [1.82, 2.24) is 14.7 Å². The maximum absolute atomic E-state index is 10.5. The molecule has 0 aliphatic carbocycles. The van der Waals surface area contributed by atoms with Gasteiger partial charge in [-0.05, 0) is 20.2 Å². The highest BCUT2D eigenvalue weighted by Crippen LogP contribution is 2.30. The van der Waals surface area contributed by atoms with E-state index in [2.05, 4.69) is 5.10 Å². The maximum atomic E-state index is 10.5. The van der Waals surface area contributed by atoms with Gasteiger partial charge in [-0.1, -0.05) is 29.8 Å². The minimum Gasteiger partial charge on any atom is -0.398 e. The summed E-state index contributed by atoms with van der Waals surface area (Å²) in [5, 5.41) is 15.2. The number of hydrogen-bond donors (Lipinski definition) is 2. The van der Waals surface area contributed by atoms with Gasteiger partial charge in [-0.25, -0.2) is 0 Å². The van der Waals surface area contributed by atoms with Gasteiger partial charge in [0.15, 0.2) is 0 Å². The lowest BCUT2D eigenvalue weighted by molar-refractivity contribution is 0.206. The first-order chi connectivity index (χ1) is 9.50. The molecule has 0 amide bonds. The number of rotatable bonds is 5. The Morgan fingerprint density at radius 2 is 2.10 bits per heavy atom. The van der Waals surface area contributed by atoms with Gasteiger partial charge in [-0.2, -0.15) is 5.10 Å². The summed E-state index contributed by atoms with van der Waals surface area (Å²) in [6.45, 7) is 1.46. The molecular formula is C14H19ClN4O. The van der Waals surface area contributed by atoms with Crippen molar-refractivity contribution in [2.75, 3.05) is 26.4 Å². The highest BCUT2D eigenvalue weighted by molar-refractivity contribution is 6.31. The first kappa shape index (κ1) is 14.8. The van der Waals surface area contributed by atoms with Crippen LogP contribution in [0.1, 0.15) is 17.4 Å². The van der Waals surface area contributed by atoms with Gasteiger partial charge in [0.1, 0.15) is 6.10 Å². The minimum atomic E-state index is -0.881. The van der Waals surface area contributed by atoms with Crippen molar-refractivity contribution < 1.29 is 5.11 Å². The molecule has 108 valence electrons. The maximum Gasteiger partial charge on any atom is 0.124 e. The quantitative estimate of drug-likeness (QED) is 0.825. The molecule has 6 heteroatoms. The molecule has 1 heterocycles. The summed E-state index contributed by atoms with van der Waals surface area (Å²) in [7, 11) is 3.97. The summed E-state index contributed by atoms with van der Waals surface area (Å²) < 4.78 is 1.72. The molecule has 3 N–H and O–H groups in total. The van der Waals surface area contributed by atoms with Gasteiger partial charge in [-0.3, -0.25) is 4.68 Å². The normalized spacial score (nSPS) is 12.8. The van der Waals surface area contributed by atoms with E-state index in [9.17, 15) is 5.11 Å². The summed E-state index contributed by atoms with van der Waals surface area (Å²) in [5.74, 6) is 0. The Kier molecular flexibility index (Phi) is 4.65. The molecule has 2 aromatic rings. The zero-order chi connectivity index (χ0) is 14.7. The standard InChI is InChI=1S/C14H19ClN4O/c1-18(2)7-8-19-13(11(15)9-17-19)14(20)10-5-3-4-6-12(10)16/h3-6,9,14,20H,7-8,16H2,1-2H3. The van der Waals surface area contributed by atoms with E-state index < -0.39 is 6.10 Å². The lowest BCUT2D eigenvalue weighted by Gasteiger charge is -2.17. The van der Waals surface area contributed by atoms with Crippen LogP contribution in [0.3, 0.4) is 0 Å². The number of aromatic nitrogens is 2. The number of aliphatic hydroxyl groups excluding tert-OH is 1. The first-order valence-electron chi connectivity index (χ1n) is 6.39. The molecule has 0 aliphatic heterocycles. The van der Waals surface area contributed by atoms with Gasteiger partial charge >= 0.3 is 0 Å². The summed E-state index contributed by atoms with van der Waals surface area (Å²) in [6.07, 6.45) is 0.669. The lowest BCUT2D eigenvalue weighted by Crippen LogP contribution is -2.21. The van der Waals surface area contributed by atoms with E-state index in [-0.39, 0.29) is 0 Å². The van der Waals surface area contributed by atoms with Gasteiger partial charge in [0.25, 0.3) is 0 Å². The summed E-state index contributed by atoms with van der Waals surface area (Å²) >= 11 is 6.16. The molecule has 1 aromatic heterocycles. The number of likely N-dealkylation sites (N-methyl/N-ethyl adjacent to an activating group) is 1. The van der Waals surface area contributed by atoms with Crippen LogP contribution in [0.4, 0.5) is 5.69 Å². The predicted octanol–water partition coefficient (Wildman–Crippen LogP) is 1.76. The second-order valence-corrected chi connectivity index (χ2v) is 5.34. The van der Waals surface area contributed by atoms with Crippen LogP contribution < -0.4 is 5.73 Å². The van der Waals surface area contributed by atoms with Crippen LogP contribution in [-0.2, 0) is 6.54 Å². The lowest BCUT2D eigenvalue weighted by atomic mass is 10.0. The molecule has 0 fully saturated rings. The molecule has 0 spiro atoms. The molecule has 0 radical (unpaired) electrons. The summed E-state index contributed by atoms with van der Waals surface area (Å²) in [4.78, 5) is 2.04. The fraction of sp³-hybridized carbons (Fsp3) is 0.357. The Labute approximate surface area is 123 Å². The molecule has 0 aliphatic rings. The van der Waals surface area contributed by atoms with Crippen molar-refractivity contribution >= 4 is 17.3 Å². The molecule has 0 saturated carbocycles. The zero-order valence-electron chi connectivity index (χ0n) is 11.6. The third-order valence-electron chi connectivity index (χ3n) is 3.14. The predicted molar refractivity (Wildman–Crippen MR) is 80.7 cm³/mol. The Morgan fingerprint density at radius 1 is 1.40 bits per heavy atom. The Hall–Kier alpha value is -1.56. The van der Waals surface area contributed by atoms with E-state index in [0.717, 1.165) is 6.54 Å². The monoisotopic (exact) mass is 294 g/mol. The third kappa shape index (κ3) is 3.12. The molecule has 1 atom stereocenters. The van der Waals surface area contributed by atoms with E-state index in [1.807, 2.05) is 31.1 Å². The Balaban J connectivity index is 2.32. The SMILES string of the molecule is CN(C)CCn1ncc(Cl)c1C(O)c1ccccc1N. The van der Waals surface area contributed by atoms with E-state index in [4.69, 9.17) is 17.3 Å². The number of aliphatic hydroxyl groups is 1. The number of halogens is 1. The number of hydrogen-bond acceptors (Lipinski definition) is 4. The molecule has 1 aromatic carbocycles. The van der Waals surface area contributed by atoms with Crippen LogP contribution in [0.25, 0.3) is 0 Å². The van der Waals surface area contributed by atoms with Crippen LogP contribution >= 0.6 is 11.6 Å². The highest BCUT2D eigenvalue weighted by Gasteiger charge is 2.21. The third-order valence-corrected chi connectivity index (χ3v) is 3.43. The van der Waals surface area contributed by atoms with Gasteiger partial charge in [0.2, 0.25) is 0 Å². The van der Waals surface area contributed by atoms with Crippen LogP contribution in [0.5, 0.6) is 0 Å². The Bertz CT molecular complexity index is 582. The second-order valence-electron chi connectivity index (χ2n) is 4.94. The first-order valence-corrected chi connectivity index (χ1v) is 6.77. The van der Waals surface area contributed by atoms with E-state index >= 15 is 0 Å². The van der Waals surface area contributed by atoms with Crippen molar-refractivity contribution in [3.8, 4) is 0 Å². The van der Waals surface area contributed by atoms with E-state index in [0.29, 0.717) is 28.5 Å². The number of para-hydroxylation sites is 1. The van der Waals surface area contributed by atoms with Crippen molar-refractivity contribution in [2.24, 2.45) is 0 Å². The van der Waals surface area contributed by atoms with Crippen molar-refractivity contribution in [3.63, 3.8) is 0 Å². The van der Waals surface area contributed by atoms with Gasteiger partial charge < -0.3 is 15.7 Å². The fourth-order valence-corrected chi connectivity index (χ4v) is 2.27. The van der Waals surface area contributed by atoms with Crippen molar-refractivity contribution in [3.05, 3.63) is 46.7 Å². The average Bonchev–Trinajstić information content (AvgIpc) is 2.77. The molecule has 5 nitrogen and oxygen atoms in total. The van der Waals surface area contributed by atoms with Crippen molar-refractivity contribution in [2.45, 2.75) is 12.6 Å². The van der Waals surface area contributed by atoms with E-state index in [1.54, 1.807) is 23.0 Å². The second kappa shape index (κ2) is 6.26. The number of benzene rings is 1. The van der Waals surface area contributed by atoms with Gasteiger partial charge in [0, 0.05) is 17.8 Å². The molecule has 0 saturated heterocycles. The van der Waals surface area contributed by atoms with Crippen LogP contribution in [0.2, 0.25) is 5.02 Å².